The molecule has 0 spiro atoms. The van der Waals surface area contributed by atoms with Gasteiger partial charge >= 0.3 is 6.09 Å². The summed E-state index contributed by atoms with van der Waals surface area (Å²) in [5.74, 6) is 0. The third-order valence-corrected chi connectivity index (χ3v) is 4.76. The molecular weight excluding hydrogens is 416 g/mol. The molecule has 0 bridgehead atoms. The zero-order chi connectivity index (χ0) is 21.8. The number of carbonyl (C=O) groups excluding carboxylic acids is 1. The van der Waals surface area contributed by atoms with Crippen molar-refractivity contribution in [1.29, 1.82) is 0 Å². The van der Waals surface area contributed by atoms with Gasteiger partial charge in [-0.15, -0.1) is 0 Å². The van der Waals surface area contributed by atoms with Crippen LogP contribution in [0.5, 0.6) is 0 Å². The van der Waals surface area contributed by atoms with Gasteiger partial charge in [-0.3, -0.25) is 30.3 Å². The number of sulfonamides is 1. The van der Waals surface area contributed by atoms with Crippen LogP contribution in [0.15, 0.2) is 47.4 Å². The van der Waals surface area contributed by atoms with Crippen LogP contribution in [0.1, 0.15) is 5.56 Å². The molecule has 0 unspecified atom stereocenters. The van der Waals surface area contributed by atoms with Crippen LogP contribution in [-0.4, -0.2) is 29.3 Å². The highest BCUT2D eigenvalue weighted by molar-refractivity contribution is 7.90. The number of ether oxygens (including phenoxy) is 1. The first kappa shape index (κ1) is 21.2. The van der Waals surface area contributed by atoms with Crippen molar-refractivity contribution in [2.45, 2.75) is 11.5 Å². The van der Waals surface area contributed by atoms with E-state index in [0.29, 0.717) is 18.2 Å². The number of non-ortho nitro benzene ring substituents is 1. The molecule has 0 radical (unpaired) electrons. The Hall–Kier alpha value is -4.14. The van der Waals surface area contributed by atoms with E-state index in [-0.39, 0.29) is 11.3 Å². The lowest BCUT2D eigenvalue weighted by atomic mass is 10.2. The smallest absolute Gasteiger partial charge is 0.421 e. The van der Waals surface area contributed by atoms with E-state index in [4.69, 9.17) is 0 Å². The number of hydrogen-bond acceptors (Lipinski definition) is 10. The first-order valence-electron chi connectivity index (χ1n) is 7.37. The molecule has 0 heterocycles. The normalized spacial score (nSPS) is 10.8. The van der Waals surface area contributed by atoms with Crippen molar-refractivity contribution in [2.75, 3.05) is 0 Å². The van der Waals surface area contributed by atoms with Crippen molar-refractivity contribution in [2.24, 2.45) is 0 Å². The van der Waals surface area contributed by atoms with Crippen LogP contribution in [-0.2, 0) is 21.4 Å². The van der Waals surface area contributed by atoms with Gasteiger partial charge in [0.15, 0.2) is 4.90 Å². The Morgan fingerprint density at radius 3 is 2.14 bits per heavy atom. The Morgan fingerprint density at radius 2 is 1.55 bits per heavy atom. The van der Waals surface area contributed by atoms with Gasteiger partial charge in [0.2, 0.25) is 0 Å². The lowest BCUT2D eigenvalue weighted by Crippen LogP contribution is -2.31. The first-order chi connectivity index (χ1) is 13.5. The third kappa shape index (κ3) is 4.98. The van der Waals surface area contributed by atoms with Gasteiger partial charge in [0.1, 0.15) is 6.61 Å². The van der Waals surface area contributed by atoms with Gasteiger partial charge in [0, 0.05) is 12.1 Å². The summed E-state index contributed by atoms with van der Waals surface area (Å²) in [7, 11) is -4.83. The molecule has 15 heteroatoms. The summed E-state index contributed by atoms with van der Waals surface area (Å²) >= 11 is 0. The average molecular weight is 426 g/mol. The average Bonchev–Trinajstić information content (AvgIpc) is 2.65. The fourth-order valence-electron chi connectivity index (χ4n) is 2.14. The number of benzene rings is 2. The molecule has 2 rings (SSSR count). The minimum Gasteiger partial charge on any atom is -0.444 e. The quantitative estimate of drug-likeness (QED) is 0.504. The maximum atomic E-state index is 12.2. The van der Waals surface area contributed by atoms with Gasteiger partial charge in [-0.25, -0.2) is 17.9 Å². The molecule has 152 valence electrons. The maximum absolute atomic E-state index is 12.2. The van der Waals surface area contributed by atoms with Crippen molar-refractivity contribution in [3.05, 3.63) is 78.4 Å². The van der Waals surface area contributed by atoms with Crippen molar-refractivity contribution >= 4 is 33.2 Å². The Balaban J connectivity index is 2.21. The third-order valence-electron chi connectivity index (χ3n) is 3.40. The van der Waals surface area contributed by atoms with Crippen LogP contribution >= 0.6 is 0 Å². The molecule has 0 fully saturated rings. The second-order valence-electron chi connectivity index (χ2n) is 5.23. The van der Waals surface area contributed by atoms with E-state index in [9.17, 15) is 43.6 Å². The lowest BCUT2D eigenvalue weighted by Gasteiger charge is -2.09. The number of nitrogens with zero attached hydrogens (tertiary/aromatic N) is 3. The molecule has 1 amide bonds. The van der Waals surface area contributed by atoms with Gasteiger partial charge < -0.3 is 4.74 Å². The molecule has 0 atom stereocenters. The number of nitro benzene ring substituents is 3. The van der Waals surface area contributed by atoms with Crippen molar-refractivity contribution in [3.8, 4) is 0 Å². The highest BCUT2D eigenvalue weighted by Crippen LogP contribution is 2.28. The largest absolute Gasteiger partial charge is 0.444 e. The van der Waals surface area contributed by atoms with Gasteiger partial charge in [0.05, 0.1) is 26.4 Å². The summed E-state index contributed by atoms with van der Waals surface area (Å²) in [6, 6.07) is 6.95. The van der Waals surface area contributed by atoms with Crippen LogP contribution < -0.4 is 4.72 Å². The van der Waals surface area contributed by atoms with Crippen molar-refractivity contribution < 1.29 is 32.7 Å². The topological polar surface area (TPSA) is 202 Å². The monoisotopic (exact) mass is 426 g/mol. The number of para-hydroxylation sites is 1. The minimum absolute atomic E-state index is 0.0219. The fraction of sp³-hybridized carbons (Fsp3) is 0.0714. The standard InChI is InChI=1S/C14H10N4O10S/c19-14(28-8-9-3-1-2-4-11(9)17(22)23)15-29(26,27)13-6-5-10(16(20)21)7-12(13)18(24)25/h1-7H,8H2,(H,15,19). The van der Waals surface area contributed by atoms with E-state index in [2.05, 4.69) is 4.74 Å². The lowest BCUT2D eigenvalue weighted by molar-refractivity contribution is -0.396. The van der Waals surface area contributed by atoms with E-state index in [0.717, 1.165) is 6.07 Å². The Morgan fingerprint density at radius 1 is 0.931 bits per heavy atom. The zero-order valence-electron chi connectivity index (χ0n) is 14.1. The molecular formula is C14H10N4O10S. The first-order valence-corrected chi connectivity index (χ1v) is 8.86. The number of nitro groups is 3. The van der Waals surface area contributed by atoms with E-state index < -0.39 is 53.8 Å². The van der Waals surface area contributed by atoms with E-state index in [1.165, 1.54) is 22.9 Å². The summed E-state index contributed by atoms with van der Waals surface area (Å²) in [5.41, 5.74) is -2.24. The molecule has 0 aromatic heterocycles. The van der Waals surface area contributed by atoms with E-state index >= 15 is 0 Å². The molecule has 14 nitrogen and oxygen atoms in total. The number of amides is 1. The van der Waals surface area contributed by atoms with Gasteiger partial charge in [-0.05, 0) is 12.1 Å². The predicted octanol–water partition coefficient (Wildman–Crippen LogP) is 2.03. The molecule has 1 N–H and O–H groups in total. The van der Waals surface area contributed by atoms with E-state index in [1.807, 2.05) is 0 Å². The van der Waals surface area contributed by atoms with Crippen LogP contribution in [0.2, 0.25) is 0 Å². The van der Waals surface area contributed by atoms with Gasteiger partial charge in [0.25, 0.3) is 27.1 Å². The van der Waals surface area contributed by atoms with Crippen LogP contribution in [0.4, 0.5) is 21.9 Å². The summed E-state index contributed by atoms with van der Waals surface area (Å²) < 4.78 is 30.5. The second kappa shape index (κ2) is 8.26. The summed E-state index contributed by atoms with van der Waals surface area (Å²) in [6.07, 6.45) is -1.56. The molecule has 2 aromatic carbocycles. The summed E-state index contributed by atoms with van der Waals surface area (Å²) in [5, 5.41) is 32.7. The van der Waals surface area contributed by atoms with Gasteiger partial charge in [-0.2, -0.15) is 0 Å². The van der Waals surface area contributed by atoms with Crippen molar-refractivity contribution in [1.82, 2.24) is 4.72 Å². The highest BCUT2D eigenvalue weighted by Gasteiger charge is 2.30. The van der Waals surface area contributed by atoms with Crippen LogP contribution in [0, 0.1) is 30.3 Å². The molecule has 29 heavy (non-hydrogen) atoms. The second-order valence-corrected chi connectivity index (χ2v) is 6.88. The summed E-state index contributed by atoms with van der Waals surface area (Å²) in [4.78, 5) is 40.6. The maximum Gasteiger partial charge on any atom is 0.421 e. The highest BCUT2D eigenvalue weighted by atomic mass is 32.2. The number of carbonyl (C=O) groups is 1. The van der Waals surface area contributed by atoms with Crippen LogP contribution in [0.3, 0.4) is 0 Å². The minimum atomic E-state index is -4.83. The molecule has 0 saturated heterocycles. The number of rotatable bonds is 7. The van der Waals surface area contributed by atoms with Gasteiger partial charge in [-0.1, -0.05) is 12.1 Å². The molecule has 0 aliphatic rings. The molecule has 0 saturated carbocycles. The Bertz CT molecular complexity index is 1120. The SMILES string of the molecule is O=C(NS(=O)(=O)c1ccc([N+](=O)[O-])cc1[N+](=O)[O-])OCc1ccccc1[N+](=O)[O-]. The number of nitrogens with one attached hydrogen (secondary N) is 1. The number of hydrogen-bond donors (Lipinski definition) is 1. The zero-order valence-corrected chi connectivity index (χ0v) is 14.9. The Labute approximate surface area is 161 Å². The fourth-order valence-corrected chi connectivity index (χ4v) is 3.18. The predicted molar refractivity (Wildman–Crippen MR) is 93.4 cm³/mol. The van der Waals surface area contributed by atoms with E-state index in [1.54, 1.807) is 0 Å². The summed E-state index contributed by atoms with van der Waals surface area (Å²) in [6.45, 7) is -0.652. The molecule has 2 aromatic rings. The molecule has 0 aliphatic heterocycles. The Kier molecular flexibility index (Phi) is 6.03. The molecule has 0 aliphatic carbocycles. The van der Waals surface area contributed by atoms with Crippen LogP contribution in [0.25, 0.3) is 0 Å². The van der Waals surface area contributed by atoms with Crippen molar-refractivity contribution in [3.63, 3.8) is 0 Å².